The van der Waals surface area contributed by atoms with E-state index in [1.54, 1.807) is 19.1 Å². The topological polar surface area (TPSA) is 70.2 Å². The van der Waals surface area contributed by atoms with Crippen molar-refractivity contribution in [3.05, 3.63) is 65.5 Å². The summed E-state index contributed by atoms with van der Waals surface area (Å²) in [5.41, 5.74) is 1.97. The number of anilines is 1. The summed E-state index contributed by atoms with van der Waals surface area (Å²) >= 11 is 0. The molecule has 2 aromatic carbocycles. The molecule has 0 heterocycles. The molecule has 0 fully saturated rings. The van der Waals surface area contributed by atoms with Crippen LogP contribution in [0.1, 0.15) is 35.8 Å². The van der Waals surface area contributed by atoms with E-state index in [1.165, 1.54) is 24.3 Å². The van der Waals surface area contributed by atoms with Crippen LogP contribution >= 0.6 is 0 Å². The van der Waals surface area contributed by atoms with Gasteiger partial charge in [0.2, 0.25) is 5.91 Å². The Hall–Kier alpha value is -3.17. The molecular weight excluding hydrogens is 345 g/mol. The minimum absolute atomic E-state index is 0.0709. The molecule has 0 saturated carbocycles. The van der Waals surface area contributed by atoms with E-state index >= 15 is 0 Å². The second kappa shape index (κ2) is 9.51. The van der Waals surface area contributed by atoms with Crippen molar-refractivity contribution in [3.8, 4) is 12.3 Å². The van der Waals surface area contributed by atoms with Gasteiger partial charge in [0.05, 0.1) is 12.6 Å². The highest BCUT2D eigenvalue weighted by Gasteiger charge is 2.15. The van der Waals surface area contributed by atoms with Crippen LogP contribution in [0.4, 0.5) is 10.1 Å². The number of carbonyl (C=O) groups is 2. The van der Waals surface area contributed by atoms with Crippen molar-refractivity contribution in [2.45, 2.75) is 25.9 Å². The fourth-order valence-electron chi connectivity index (χ4n) is 2.50. The molecule has 2 rings (SSSR count). The number of nitrogens with one attached hydrogen (secondary N) is 3. The number of terminal acetylenes is 1. The van der Waals surface area contributed by atoms with E-state index in [-0.39, 0.29) is 30.2 Å². The van der Waals surface area contributed by atoms with E-state index in [2.05, 4.69) is 21.9 Å². The zero-order chi connectivity index (χ0) is 19.8. The number of benzene rings is 2. The normalized spacial score (nSPS) is 12.5. The first-order valence-electron chi connectivity index (χ1n) is 8.55. The standard InChI is InChI=1S/C21H22FN3O2/c1-4-13-23-20(26)15(3)24-14(2)16-7-11-19(12-8-16)25-21(27)17-5-9-18(22)10-6-17/h1,5-12,14-15,24H,13H2,2-3H3,(H,23,26)(H,25,27). The number of hydrogen-bond donors (Lipinski definition) is 3. The molecule has 0 spiro atoms. The molecule has 0 aliphatic rings. The smallest absolute Gasteiger partial charge is 0.255 e. The summed E-state index contributed by atoms with van der Waals surface area (Å²) in [5, 5.41) is 8.58. The van der Waals surface area contributed by atoms with Crippen LogP contribution < -0.4 is 16.0 Å². The summed E-state index contributed by atoms with van der Waals surface area (Å²) in [5.74, 6) is 1.50. The number of carbonyl (C=O) groups excluding carboxylic acids is 2. The Bertz CT molecular complexity index is 826. The first-order chi connectivity index (χ1) is 12.9. The van der Waals surface area contributed by atoms with Crippen LogP contribution in [-0.4, -0.2) is 24.4 Å². The van der Waals surface area contributed by atoms with Gasteiger partial charge in [0, 0.05) is 17.3 Å². The van der Waals surface area contributed by atoms with E-state index in [0.717, 1.165) is 5.56 Å². The molecule has 2 atom stereocenters. The van der Waals surface area contributed by atoms with Gasteiger partial charge in [-0.3, -0.25) is 14.9 Å². The fourth-order valence-corrected chi connectivity index (χ4v) is 2.50. The van der Waals surface area contributed by atoms with Gasteiger partial charge in [-0.05, 0) is 55.8 Å². The lowest BCUT2D eigenvalue weighted by molar-refractivity contribution is -0.122. The Kier molecular flexibility index (Phi) is 7.09. The molecule has 2 unspecified atom stereocenters. The van der Waals surface area contributed by atoms with Crippen molar-refractivity contribution in [3.63, 3.8) is 0 Å². The molecule has 0 aromatic heterocycles. The fraction of sp³-hybridized carbons (Fsp3) is 0.238. The van der Waals surface area contributed by atoms with Gasteiger partial charge in [-0.2, -0.15) is 0 Å². The number of rotatable bonds is 7. The molecule has 2 aromatic rings. The molecule has 0 aliphatic carbocycles. The van der Waals surface area contributed by atoms with Crippen molar-refractivity contribution in [1.29, 1.82) is 0 Å². The zero-order valence-corrected chi connectivity index (χ0v) is 15.3. The van der Waals surface area contributed by atoms with Crippen LogP contribution in [0.15, 0.2) is 48.5 Å². The highest BCUT2D eigenvalue weighted by molar-refractivity contribution is 6.04. The molecular formula is C21H22FN3O2. The predicted octanol–water partition coefficient (Wildman–Crippen LogP) is 2.87. The van der Waals surface area contributed by atoms with E-state index in [0.29, 0.717) is 11.3 Å². The SMILES string of the molecule is C#CCNC(=O)C(C)NC(C)c1ccc(NC(=O)c2ccc(F)cc2)cc1. The van der Waals surface area contributed by atoms with Gasteiger partial charge in [-0.25, -0.2) is 4.39 Å². The van der Waals surface area contributed by atoms with E-state index in [1.807, 2.05) is 19.1 Å². The average molecular weight is 367 g/mol. The van der Waals surface area contributed by atoms with Gasteiger partial charge in [0.1, 0.15) is 5.82 Å². The molecule has 3 N–H and O–H groups in total. The van der Waals surface area contributed by atoms with Crippen LogP contribution in [0, 0.1) is 18.2 Å². The Morgan fingerprint density at radius 2 is 1.70 bits per heavy atom. The van der Waals surface area contributed by atoms with E-state index < -0.39 is 6.04 Å². The van der Waals surface area contributed by atoms with Crippen molar-refractivity contribution >= 4 is 17.5 Å². The van der Waals surface area contributed by atoms with Crippen LogP contribution in [0.2, 0.25) is 0 Å². The highest BCUT2D eigenvalue weighted by Crippen LogP contribution is 2.17. The molecule has 0 saturated heterocycles. The Labute approximate surface area is 158 Å². The van der Waals surface area contributed by atoms with Gasteiger partial charge < -0.3 is 10.6 Å². The number of amides is 2. The van der Waals surface area contributed by atoms with Gasteiger partial charge >= 0.3 is 0 Å². The van der Waals surface area contributed by atoms with Gasteiger partial charge in [-0.1, -0.05) is 18.1 Å². The third kappa shape index (κ3) is 5.94. The van der Waals surface area contributed by atoms with Crippen molar-refractivity contribution in [1.82, 2.24) is 10.6 Å². The molecule has 0 bridgehead atoms. The van der Waals surface area contributed by atoms with Gasteiger partial charge in [-0.15, -0.1) is 6.42 Å². The maximum atomic E-state index is 12.9. The van der Waals surface area contributed by atoms with Gasteiger partial charge in [0.25, 0.3) is 5.91 Å². The predicted molar refractivity (Wildman–Crippen MR) is 104 cm³/mol. The lowest BCUT2D eigenvalue weighted by atomic mass is 10.1. The molecule has 6 heteroatoms. The summed E-state index contributed by atoms with van der Waals surface area (Å²) in [6.45, 7) is 3.90. The molecule has 27 heavy (non-hydrogen) atoms. The number of halogens is 1. The summed E-state index contributed by atoms with van der Waals surface area (Å²) in [6.07, 6.45) is 5.13. The van der Waals surface area contributed by atoms with Gasteiger partial charge in [0.15, 0.2) is 0 Å². The monoisotopic (exact) mass is 367 g/mol. The molecule has 2 amide bonds. The second-order valence-electron chi connectivity index (χ2n) is 6.11. The average Bonchev–Trinajstić information content (AvgIpc) is 2.66. The van der Waals surface area contributed by atoms with Crippen LogP contribution in [0.3, 0.4) is 0 Å². The Morgan fingerprint density at radius 3 is 2.30 bits per heavy atom. The second-order valence-corrected chi connectivity index (χ2v) is 6.11. The van der Waals surface area contributed by atoms with Crippen molar-refractivity contribution in [2.24, 2.45) is 0 Å². The maximum absolute atomic E-state index is 12.9. The van der Waals surface area contributed by atoms with Crippen molar-refractivity contribution < 1.29 is 14.0 Å². The number of hydrogen-bond acceptors (Lipinski definition) is 3. The highest BCUT2D eigenvalue weighted by atomic mass is 19.1. The first kappa shape index (κ1) is 20.1. The molecule has 140 valence electrons. The summed E-state index contributed by atoms with van der Waals surface area (Å²) < 4.78 is 12.9. The lowest BCUT2D eigenvalue weighted by Crippen LogP contribution is -2.43. The largest absolute Gasteiger partial charge is 0.344 e. The molecule has 0 radical (unpaired) electrons. The van der Waals surface area contributed by atoms with Crippen LogP contribution in [-0.2, 0) is 4.79 Å². The first-order valence-corrected chi connectivity index (χ1v) is 8.55. The summed E-state index contributed by atoms with van der Waals surface area (Å²) in [4.78, 5) is 24.0. The van der Waals surface area contributed by atoms with Crippen LogP contribution in [0.25, 0.3) is 0 Å². The third-order valence-corrected chi connectivity index (χ3v) is 4.03. The Morgan fingerprint density at radius 1 is 1.07 bits per heavy atom. The van der Waals surface area contributed by atoms with E-state index in [9.17, 15) is 14.0 Å². The van der Waals surface area contributed by atoms with Crippen LogP contribution in [0.5, 0.6) is 0 Å². The zero-order valence-electron chi connectivity index (χ0n) is 15.3. The van der Waals surface area contributed by atoms with E-state index in [4.69, 9.17) is 6.42 Å². The lowest BCUT2D eigenvalue weighted by Gasteiger charge is -2.20. The molecule has 0 aliphatic heterocycles. The minimum atomic E-state index is -0.397. The summed E-state index contributed by atoms with van der Waals surface area (Å²) in [7, 11) is 0. The van der Waals surface area contributed by atoms with Crippen molar-refractivity contribution in [2.75, 3.05) is 11.9 Å². The summed E-state index contributed by atoms with van der Waals surface area (Å²) in [6, 6.07) is 12.2. The molecule has 5 nitrogen and oxygen atoms in total. The minimum Gasteiger partial charge on any atom is -0.344 e. The quantitative estimate of drug-likeness (QED) is 0.659. The maximum Gasteiger partial charge on any atom is 0.255 e. The third-order valence-electron chi connectivity index (χ3n) is 4.03. The Balaban J connectivity index is 1.94.